The van der Waals surface area contributed by atoms with Crippen molar-refractivity contribution in [2.24, 2.45) is 5.92 Å². The van der Waals surface area contributed by atoms with E-state index < -0.39 is 0 Å². The molecule has 132 valence electrons. The van der Waals surface area contributed by atoms with Crippen LogP contribution in [0, 0.1) is 12.8 Å². The average Bonchev–Trinajstić information content (AvgIpc) is 3.04. The van der Waals surface area contributed by atoms with Crippen LogP contribution in [0.15, 0.2) is 18.2 Å². The molecule has 1 atom stereocenters. The lowest BCUT2D eigenvalue weighted by Gasteiger charge is -2.35. The van der Waals surface area contributed by atoms with E-state index in [1.54, 1.807) is 12.1 Å². The first-order valence-corrected chi connectivity index (χ1v) is 9.03. The number of carbonyl (C=O) groups is 1. The van der Waals surface area contributed by atoms with Crippen molar-refractivity contribution in [3.8, 4) is 5.75 Å². The zero-order chi connectivity index (χ0) is 17.1. The van der Waals surface area contributed by atoms with Crippen LogP contribution in [-0.2, 0) is 0 Å². The maximum atomic E-state index is 12.3. The lowest BCUT2D eigenvalue weighted by molar-refractivity contribution is 0.0942. The lowest BCUT2D eigenvalue weighted by atomic mass is 10.0. The van der Waals surface area contributed by atoms with E-state index in [2.05, 4.69) is 22.2 Å². The third-order valence-corrected chi connectivity index (χ3v) is 5.47. The summed E-state index contributed by atoms with van der Waals surface area (Å²) in [6.07, 6.45) is 3.66. The number of rotatable bonds is 4. The van der Waals surface area contributed by atoms with E-state index in [1.807, 2.05) is 13.0 Å². The lowest BCUT2D eigenvalue weighted by Crippen LogP contribution is -2.43. The molecule has 1 aromatic carbocycles. The van der Waals surface area contributed by atoms with Gasteiger partial charge >= 0.3 is 0 Å². The number of phenolic OH excluding ortho intramolecular Hbond substituents is 1. The molecule has 2 N–H and O–H groups in total. The third kappa shape index (κ3) is 4.08. The summed E-state index contributed by atoms with van der Waals surface area (Å²) < 4.78 is 0. The normalized spacial score (nSPS) is 23.5. The van der Waals surface area contributed by atoms with Gasteiger partial charge in [0.1, 0.15) is 5.75 Å². The van der Waals surface area contributed by atoms with E-state index >= 15 is 0 Å². The second-order valence-corrected chi connectivity index (χ2v) is 7.41. The van der Waals surface area contributed by atoms with Gasteiger partial charge in [-0.15, -0.1) is 0 Å². The van der Waals surface area contributed by atoms with Crippen molar-refractivity contribution in [2.45, 2.75) is 32.2 Å². The monoisotopic (exact) mass is 331 g/mol. The first-order valence-electron chi connectivity index (χ1n) is 9.03. The SMILES string of the molecule is Cc1ccc(O)c(C(=O)NCC2CCN(C3CCN(C)CC3)C2)c1. The number of hydrogen-bond acceptors (Lipinski definition) is 4. The minimum atomic E-state index is -0.172. The quantitative estimate of drug-likeness (QED) is 0.884. The van der Waals surface area contributed by atoms with Crippen molar-refractivity contribution < 1.29 is 9.90 Å². The van der Waals surface area contributed by atoms with Gasteiger partial charge in [0.25, 0.3) is 5.91 Å². The first kappa shape index (κ1) is 17.2. The molecule has 2 aliphatic heterocycles. The molecule has 0 aromatic heterocycles. The number of phenols is 1. The summed E-state index contributed by atoms with van der Waals surface area (Å²) in [5.41, 5.74) is 1.35. The van der Waals surface area contributed by atoms with Crippen molar-refractivity contribution in [3.63, 3.8) is 0 Å². The molecule has 0 spiro atoms. The number of amides is 1. The smallest absolute Gasteiger partial charge is 0.255 e. The molecule has 1 aromatic rings. The summed E-state index contributed by atoms with van der Waals surface area (Å²) in [6.45, 7) is 7.21. The Morgan fingerprint density at radius 1 is 1.25 bits per heavy atom. The van der Waals surface area contributed by atoms with Gasteiger partial charge in [0.05, 0.1) is 5.56 Å². The number of hydrogen-bond donors (Lipinski definition) is 2. The molecule has 1 unspecified atom stereocenters. The molecule has 0 radical (unpaired) electrons. The van der Waals surface area contributed by atoms with Crippen LogP contribution in [0.25, 0.3) is 0 Å². The fourth-order valence-corrected chi connectivity index (χ4v) is 3.88. The average molecular weight is 331 g/mol. The van der Waals surface area contributed by atoms with Crippen LogP contribution in [0.3, 0.4) is 0 Å². The number of aryl methyl sites for hydroxylation is 1. The molecule has 0 aliphatic carbocycles. The summed E-state index contributed by atoms with van der Waals surface area (Å²) in [4.78, 5) is 17.3. The predicted molar refractivity (Wildman–Crippen MR) is 95.4 cm³/mol. The van der Waals surface area contributed by atoms with Crippen LogP contribution in [0.1, 0.15) is 35.2 Å². The molecule has 2 saturated heterocycles. The molecule has 1 amide bonds. The summed E-state index contributed by atoms with van der Waals surface area (Å²) in [5.74, 6) is 0.395. The maximum Gasteiger partial charge on any atom is 0.255 e. The van der Waals surface area contributed by atoms with Gasteiger partial charge in [-0.3, -0.25) is 9.69 Å². The number of piperidine rings is 1. The van der Waals surface area contributed by atoms with Gasteiger partial charge in [0.15, 0.2) is 0 Å². The van der Waals surface area contributed by atoms with Crippen molar-refractivity contribution in [2.75, 3.05) is 39.8 Å². The standard InChI is InChI=1S/C19H29N3O2/c1-14-3-4-18(23)17(11-14)19(24)20-12-15-5-10-22(13-15)16-6-8-21(2)9-7-16/h3-4,11,15-16,23H,5-10,12-13H2,1-2H3,(H,20,24). The zero-order valence-electron chi connectivity index (χ0n) is 14.8. The topological polar surface area (TPSA) is 55.8 Å². The van der Waals surface area contributed by atoms with Gasteiger partial charge in [-0.25, -0.2) is 0 Å². The summed E-state index contributed by atoms with van der Waals surface area (Å²) in [5, 5.41) is 12.9. The summed E-state index contributed by atoms with van der Waals surface area (Å²) in [7, 11) is 2.19. The molecule has 2 fully saturated rings. The van der Waals surface area contributed by atoms with Crippen LogP contribution in [-0.4, -0.2) is 66.6 Å². The minimum Gasteiger partial charge on any atom is -0.507 e. The highest BCUT2D eigenvalue weighted by Gasteiger charge is 2.30. The van der Waals surface area contributed by atoms with Gasteiger partial charge in [0.2, 0.25) is 0 Å². The van der Waals surface area contributed by atoms with Crippen molar-refractivity contribution in [3.05, 3.63) is 29.3 Å². The Balaban J connectivity index is 1.47. The Morgan fingerprint density at radius 2 is 2.00 bits per heavy atom. The fourth-order valence-electron chi connectivity index (χ4n) is 3.88. The first-order chi connectivity index (χ1) is 11.5. The highest BCUT2D eigenvalue weighted by atomic mass is 16.3. The molecule has 2 heterocycles. The van der Waals surface area contributed by atoms with Crippen LogP contribution in [0.4, 0.5) is 0 Å². The van der Waals surface area contributed by atoms with Crippen LogP contribution >= 0.6 is 0 Å². The highest BCUT2D eigenvalue weighted by Crippen LogP contribution is 2.24. The van der Waals surface area contributed by atoms with Gasteiger partial charge in [-0.05, 0) is 70.9 Å². The number of benzene rings is 1. The summed E-state index contributed by atoms with van der Waals surface area (Å²) in [6, 6.07) is 5.84. The number of nitrogens with one attached hydrogen (secondary N) is 1. The van der Waals surface area contributed by atoms with E-state index in [0.717, 1.165) is 25.1 Å². The largest absolute Gasteiger partial charge is 0.507 e. The number of carbonyl (C=O) groups excluding carboxylic acids is 1. The van der Waals surface area contributed by atoms with Gasteiger partial charge in [0, 0.05) is 19.1 Å². The van der Waals surface area contributed by atoms with E-state index in [9.17, 15) is 9.90 Å². The van der Waals surface area contributed by atoms with Crippen LogP contribution < -0.4 is 5.32 Å². The molecule has 3 rings (SSSR count). The molecule has 0 bridgehead atoms. The van der Waals surface area contributed by atoms with Gasteiger partial charge in [-0.1, -0.05) is 11.6 Å². The molecule has 0 saturated carbocycles. The fraction of sp³-hybridized carbons (Fsp3) is 0.632. The molecule has 24 heavy (non-hydrogen) atoms. The maximum absolute atomic E-state index is 12.3. The van der Waals surface area contributed by atoms with Gasteiger partial charge in [-0.2, -0.15) is 0 Å². The molecule has 5 heteroatoms. The van der Waals surface area contributed by atoms with Crippen molar-refractivity contribution >= 4 is 5.91 Å². The van der Waals surface area contributed by atoms with Crippen LogP contribution in [0.5, 0.6) is 5.75 Å². The zero-order valence-corrected chi connectivity index (χ0v) is 14.8. The second-order valence-electron chi connectivity index (χ2n) is 7.41. The second kappa shape index (κ2) is 7.53. The Morgan fingerprint density at radius 3 is 2.75 bits per heavy atom. The molecule has 5 nitrogen and oxygen atoms in total. The Bertz CT molecular complexity index is 582. The van der Waals surface area contributed by atoms with Crippen molar-refractivity contribution in [1.82, 2.24) is 15.1 Å². The molecule has 2 aliphatic rings. The Labute approximate surface area is 144 Å². The van der Waals surface area contributed by atoms with E-state index in [0.29, 0.717) is 24.1 Å². The van der Waals surface area contributed by atoms with Crippen LogP contribution in [0.2, 0.25) is 0 Å². The number of likely N-dealkylation sites (tertiary alicyclic amines) is 2. The highest BCUT2D eigenvalue weighted by molar-refractivity contribution is 5.96. The number of aromatic hydroxyl groups is 1. The van der Waals surface area contributed by atoms with E-state index in [4.69, 9.17) is 0 Å². The molecular weight excluding hydrogens is 302 g/mol. The third-order valence-electron chi connectivity index (χ3n) is 5.47. The van der Waals surface area contributed by atoms with E-state index in [-0.39, 0.29) is 11.7 Å². The van der Waals surface area contributed by atoms with Crippen molar-refractivity contribution in [1.29, 1.82) is 0 Å². The van der Waals surface area contributed by atoms with E-state index in [1.165, 1.54) is 25.9 Å². The number of nitrogens with zero attached hydrogens (tertiary/aromatic N) is 2. The summed E-state index contributed by atoms with van der Waals surface area (Å²) >= 11 is 0. The Hall–Kier alpha value is -1.59. The Kier molecular flexibility index (Phi) is 5.41. The predicted octanol–water partition coefficient (Wildman–Crippen LogP) is 1.85. The van der Waals surface area contributed by atoms with Gasteiger partial charge < -0.3 is 15.3 Å². The minimum absolute atomic E-state index is 0.0532. The molecular formula is C19H29N3O2.